The van der Waals surface area contributed by atoms with E-state index >= 15 is 0 Å². The van der Waals surface area contributed by atoms with Crippen LogP contribution >= 0.6 is 0 Å². The number of anilines is 6. The SMILES string of the molecule is FC(F)(F)c1ccc(N(c2ccc3c(c2)C2(c4ccccc4-c4cc5c6ccccc6c6ccccc6c5cc42)c2cc(N(c4ccc(C(F)(F)F)cc4)c4cccc5c4oc4ccccc45)ccc2-3)c2cccc3c2oc2ccccc23)cc1. The van der Waals surface area contributed by atoms with Crippen LogP contribution in [-0.4, -0.2) is 0 Å². The van der Waals surface area contributed by atoms with Gasteiger partial charge in [-0.1, -0.05) is 146 Å². The van der Waals surface area contributed by atoms with Gasteiger partial charge >= 0.3 is 12.4 Å². The van der Waals surface area contributed by atoms with Crippen molar-refractivity contribution in [1.82, 2.24) is 0 Å². The molecule has 2 heterocycles. The van der Waals surface area contributed by atoms with Crippen molar-refractivity contribution in [2.45, 2.75) is 17.8 Å². The van der Waals surface area contributed by atoms with Gasteiger partial charge in [-0.3, -0.25) is 0 Å². The fourth-order valence-electron chi connectivity index (χ4n) is 14.1. The molecule has 85 heavy (non-hydrogen) atoms. The van der Waals surface area contributed by atoms with Gasteiger partial charge in [-0.25, -0.2) is 0 Å². The number of hydrogen-bond acceptors (Lipinski definition) is 4. The van der Waals surface area contributed by atoms with E-state index in [4.69, 9.17) is 8.83 Å². The Morgan fingerprint density at radius 3 is 1.11 bits per heavy atom. The third-order valence-corrected chi connectivity index (χ3v) is 17.7. The Bertz CT molecular complexity index is 5080. The predicted octanol–water partition coefficient (Wildman–Crippen LogP) is 22.3. The Balaban J connectivity index is 0.975. The van der Waals surface area contributed by atoms with Gasteiger partial charge in [0.15, 0.2) is 11.2 Å². The zero-order chi connectivity index (χ0) is 57.1. The molecule has 15 aromatic rings. The minimum atomic E-state index is -4.57. The zero-order valence-corrected chi connectivity index (χ0v) is 44.7. The standard InChI is InChI=1S/C75H42F6N2O2/c76-74(77,78)43-27-31-45(32-28-43)82(67-23-11-20-58-56-18-6-9-25-69(56)84-71(58)67)47-35-37-54-55-38-36-48(83(46-33-29-44(30-34-46)75(79,80)81)68-24-12-21-59-57-19-7-10-26-70(57)85-72(59)68)40-65(55)73(64(54)39-47)63-22-8-5-17-53(63)62-41-60-51-15-3-1-13-49(51)50-14-2-4-16-52(50)61(60)42-66(62)73/h1-42H. The molecule has 1 spiro atoms. The summed E-state index contributed by atoms with van der Waals surface area (Å²) in [4.78, 5) is 3.96. The number of benzene rings is 13. The topological polar surface area (TPSA) is 32.8 Å². The normalized spacial score (nSPS) is 13.4. The molecular weight excluding hydrogens is 1070 g/mol. The molecule has 0 radical (unpaired) electrons. The lowest BCUT2D eigenvalue weighted by Gasteiger charge is -2.33. The van der Waals surface area contributed by atoms with Crippen molar-refractivity contribution >= 4 is 110 Å². The van der Waals surface area contributed by atoms with Gasteiger partial charge in [0.2, 0.25) is 0 Å². The first-order chi connectivity index (χ1) is 41.4. The number of nitrogens with zero attached hydrogens (tertiary/aromatic N) is 2. The molecule has 4 nitrogen and oxygen atoms in total. The first kappa shape index (κ1) is 49.1. The van der Waals surface area contributed by atoms with Crippen molar-refractivity contribution in [3.63, 3.8) is 0 Å². The van der Waals surface area contributed by atoms with Gasteiger partial charge in [-0.15, -0.1) is 0 Å². The van der Waals surface area contributed by atoms with Crippen molar-refractivity contribution in [3.8, 4) is 22.3 Å². The van der Waals surface area contributed by atoms with Crippen LogP contribution in [0.15, 0.2) is 264 Å². The van der Waals surface area contributed by atoms with Crippen molar-refractivity contribution in [2.75, 3.05) is 9.80 Å². The van der Waals surface area contributed by atoms with Crippen LogP contribution in [0.25, 0.3) is 98.4 Å². The third kappa shape index (κ3) is 7.05. The van der Waals surface area contributed by atoms with E-state index in [-0.39, 0.29) is 0 Å². The maximum atomic E-state index is 14.4. The molecule has 2 aliphatic rings. The second-order valence-electron chi connectivity index (χ2n) is 22.1. The van der Waals surface area contributed by atoms with Crippen molar-refractivity contribution in [1.29, 1.82) is 0 Å². The summed E-state index contributed by atoms with van der Waals surface area (Å²) in [7, 11) is 0. The first-order valence-corrected chi connectivity index (χ1v) is 27.9. The zero-order valence-electron chi connectivity index (χ0n) is 44.7. The summed E-state index contributed by atoms with van der Waals surface area (Å²) in [5, 5.41) is 10.1. The Morgan fingerprint density at radius 2 is 0.635 bits per heavy atom. The number of furan rings is 2. The molecule has 0 fully saturated rings. The summed E-state index contributed by atoms with van der Waals surface area (Å²) in [5.41, 5.74) is 11.3. The number of rotatable bonds is 6. The van der Waals surface area contributed by atoms with E-state index in [0.29, 0.717) is 56.5 Å². The van der Waals surface area contributed by atoms with Crippen LogP contribution < -0.4 is 9.80 Å². The summed E-state index contributed by atoms with van der Waals surface area (Å²) < 4.78 is 99.9. The highest BCUT2D eigenvalue weighted by molar-refractivity contribution is 6.26. The Morgan fingerprint density at radius 1 is 0.271 bits per heavy atom. The number of para-hydroxylation sites is 4. The lowest BCUT2D eigenvalue weighted by molar-refractivity contribution is -0.138. The van der Waals surface area contributed by atoms with Crippen LogP contribution in [0.2, 0.25) is 0 Å². The first-order valence-electron chi connectivity index (χ1n) is 27.9. The number of halogens is 6. The van der Waals surface area contributed by atoms with E-state index in [2.05, 4.69) is 109 Å². The van der Waals surface area contributed by atoms with Crippen LogP contribution in [0.5, 0.6) is 0 Å². The average molecular weight is 1120 g/mol. The van der Waals surface area contributed by atoms with Gasteiger partial charge in [0, 0.05) is 44.3 Å². The minimum absolute atomic E-state index is 0.483. The van der Waals surface area contributed by atoms with Crippen LogP contribution in [0.4, 0.5) is 60.5 Å². The van der Waals surface area contributed by atoms with Gasteiger partial charge in [-0.05, 0) is 186 Å². The molecule has 10 heteroatoms. The van der Waals surface area contributed by atoms with Crippen LogP contribution in [-0.2, 0) is 17.8 Å². The molecular formula is C75H42F6N2O2. The monoisotopic (exact) mass is 1120 g/mol. The van der Waals surface area contributed by atoms with E-state index in [1.54, 1.807) is 0 Å². The molecule has 2 aliphatic carbocycles. The molecule has 13 aromatic carbocycles. The molecule has 0 saturated carbocycles. The molecule has 0 saturated heterocycles. The molecule has 406 valence electrons. The summed E-state index contributed by atoms with van der Waals surface area (Å²) >= 11 is 0. The molecule has 0 atom stereocenters. The van der Waals surface area contributed by atoms with Gasteiger partial charge < -0.3 is 18.6 Å². The Labute approximate surface area is 481 Å². The van der Waals surface area contributed by atoms with Crippen LogP contribution in [0.3, 0.4) is 0 Å². The van der Waals surface area contributed by atoms with E-state index in [0.717, 1.165) is 123 Å². The molecule has 17 rings (SSSR count). The Kier molecular flexibility index (Phi) is 10.2. The summed E-state index contributed by atoms with van der Waals surface area (Å²) in [6, 6.07) is 80.6. The van der Waals surface area contributed by atoms with Gasteiger partial charge in [0.25, 0.3) is 0 Å². The van der Waals surface area contributed by atoms with Gasteiger partial charge in [0.1, 0.15) is 11.2 Å². The maximum Gasteiger partial charge on any atom is 0.416 e. The fourth-order valence-corrected chi connectivity index (χ4v) is 14.1. The van der Waals surface area contributed by atoms with Crippen molar-refractivity contribution in [2.24, 2.45) is 0 Å². The lowest BCUT2D eigenvalue weighted by Crippen LogP contribution is -2.26. The van der Waals surface area contributed by atoms with Gasteiger partial charge in [0.05, 0.1) is 27.9 Å². The Hall–Kier alpha value is -10.6. The second-order valence-corrected chi connectivity index (χ2v) is 22.1. The second kappa shape index (κ2) is 17.7. The molecule has 0 bridgehead atoms. The molecule has 0 unspecified atom stereocenters. The van der Waals surface area contributed by atoms with Crippen LogP contribution in [0.1, 0.15) is 33.4 Å². The smallest absolute Gasteiger partial charge is 0.416 e. The van der Waals surface area contributed by atoms with Crippen molar-refractivity contribution < 1.29 is 35.2 Å². The largest absolute Gasteiger partial charge is 0.454 e. The summed E-state index contributed by atoms with van der Waals surface area (Å²) in [5.74, 6) is 0. The summed E-state index contributed by atoms with van der Waals surface area (Å²) in [6.45, 7) is 0. The van der Waals surface area contributed by atoms with Crippen molar-refractivity contribution in [3.05, 3.63) is 288 Å². The fraction of sp³-hybridized carbons (Fsp3) is 0.0400. The third-order valence-electron chi connectivity index (χ3n) is 17.7. The summed E-state index contributed by atoms with van der Waals surface area (Å²) in [6.07, 6.45) is -9.14. The molecule has 0 N–H and O–H groups in total. The predicted molar refractivity (Wildman–Crippen MR) is 329 cm³/mol. The quantitative estimate of drug-likeness (QED) is 0.123. The highest BCUT2D eigenvalue weighted by Crippen LogP contribution is 2.65. The molecule has 2 aromatic heterocycles. The molecule has 0 aliphatic heterocycles. The number of hydrogen-bond donors (Lipinski definition) is 0. The van der Waals surface area contributed by atoms with Crippen LogP contribution in [0, 0.1) is 0 Å². The maximum absolute atomic E-state index is 14.4. The van der Waals surface area contributed by atoms with E-state index < -0.39 is 28.9 Å². The molecule has 0 amide bonds. The lowest BCUT2D eigenvalue weighted by atomic mass is 9.70. The highest BCUT2D eigenvalue weighted by Gasteiger charge is 2.53. The van der Waals surface area contributed by atoms with Gasteiger partial charge in [-0.2, -0.15) is 26.3 Å². The number of alkyl halides is 6. The van der Waals surface area contributed by atoms with E-state index in [1.165, 1.54) is 24.3 Å². The number of fused-ring (bicyclic) bond motifs is 22. The minimum Gasteiger partial charge on any atom is -0.454 e. The highest BCUT2D eigenvalue weighted by atomic mass is 19.4. The van der Waals surface area contributed by atoms with E-state index in [9.17, 15) is 26.3 Å². The average Bonchev–Trinajstić information content (AvgIpc) is 1.52. The van der Waals surface area contributed by atoms with E-state index in [1.807, 2.05) is 107 Å².